The van der Waals surface area contributed by atoms with Crippen LogP contribution in [-0.4, -0.2) is 12.8 Å². The zero-order valence-electron chi connectivity index (χ0n) is 31.5. The van der Waals surface area contributed by atoms with Crippen LogP contribution in [0.3, 0.4) is 0 Å². The van der Waals surface area contributed by atoms with Crippen LogP contribution in [0, 0.1) is 0 Å². The highest BCUT2D eigenvalue weighted by Crippen LogP contribution is 2.56. The molecular formula is C53H41O2P2+. The predicted molar refractivity (Wildman–Crippen MR) is 247 cm³/mol. The highest BCUT2D eigenvalue weighted by atomic mass is 31.2. The third-order valence-electron chi connectivity index (χ3n) is 11.6. The van der Waals surface area contributed by atoms with Crippen molar-refractivity contribution < 1.29 is 9.30 Å². The highest BCUT2D eigenvalue weighted by Gasteiger charge is 2.44. The average Bonchev–Trinajstić information content (AvgIpc) is 3.29. The van der Waals surface area contributed by atoms with Gasteiger partial charge in [-0.3, -0.25) is 0 Å². The summed E-state index contributed by atoms with van der Waals surface area (Å²) in [6.45, 7) is 0.574. The van der Waals surface area contributed by atoms with Gasteiger partial charge in [-0.15, -0.1) is 0 Å². The lowest BCUT2D eigenvalue weighted by Gasteiger charge is -2.27. The van der Waals surface area contributed by atoms with Gasteiger partial charge in [0.1, 0.15) is 28.9 Å². The van der Waals surface area contributed by atoms with Crippen LogP contribution >= 0.6 is 14.4 Å². The largest absolute Gasteiger partial charge is 0.493 e. The second-order valence-corrected chi connectivity index (χ2v) is 21.1. The van der Waals surface area contributed by atoms with Gasteiger partial charge in [0.05, 0.1) is 12.8 Å². The van der Waals surface area contributed by atoms with Crippen molar-refractivity contribution in [2.75, 3.05) is 12.8 Å². The second-order valence-electron chi connectivity index (χ2n) is 14.8. The van der Waals surface area contributed by atoms with Crippen LogP contribution in [-0.2, 0) is 4.57 Å². The number of fused-ring (bicyclic) bond motifs is 2. The van der Waals surface area contributed by atoms with Crippen molar-refractivity contribution in [1.82, 2.24) is 0 Å². The Kier molecular flexibility index (Phi) is 9.19. The maximum absolute atomic E-state index is 16.3. The Labute approximate surface area is 334 Å². The maximum atomic E-state index is 16.3. The van der Waals surface area contributed by atoms with E-state index in [-0.39, 0.29) is 0 Å². The Hall–Kier alpha value is -6.04. The normalized spacial score (nSPS) is 13.0. The molecule has 0 aliphatic heterocycles. The molecule has 2 nitrogen and oxygen atoms in total. The summed E-state index contributed by atoms with van der Waals surface area (Å²) >= 11 is 0. The first-order valence-electron chi connectivity index (χ1n) is 19.7. The van der Waals surface area contributed by atoms with E-state index in [0.717, 1.165) is 55.8 Å². The summed E-state index contributed by atoms with van der Waals surface area (Å²) in [6, 6.07) is 75.0. The van der Waals surface area contributed by atoms with E-state index < -0.39 is 14.4 Å². The lowest BCUT2D eigenvalue weighted by atomic mass is 9.90. The van der Waals surface area contributed by atoms with Crippen LogP contribution < -0.4 is 36.6 Å². The molecule has 0 saturated carbocycles. The van der Waals surface area contributed by atoms with Gasteiger partial charge in [-0.25, -0.2) is 0 Å². The molecule has 0 amide bonds. The maximum Gasteiger partial charge on any atom is 0.171 e. The Balaban J connectivity index is 1.02. The summed E-state index contributed by atoms with van der Waals surface area (Å²) in [5, 5.41) is 16.0. The minimum atomic E-state index is -3.37. The van der Waals surface area contributed by atoms with Crippen LogP contribution in [0.5, 0.6) is 5.75 Å². The lowest BCUT2D eigenvalue weighted by Crippen LogP contribution is -2.33. The molecule has 0 N–H and O–H groups in total. The van der Waals surface area contributed by atoms with Gasteiger partial charge in [0.25, 0.3) is 0 Å². The molecule has 0 aromatic heterocycles. The fraction of sp³-hybridized carbons (Fsp3) is 0.0566. The molecule has 0 aliphatic carbocycles. The second kappa shape index (κ2) is 14.8. The first-order chi connectivity index (χ1) is 28.2. The molecule has 274 valence electrons. The number of rotatable bonds is 11. The van der Waals surface area contributed by atoms with Gasteiger partial charge in [-0.2, -0.15) is 0 Å². The molecule has 10 aromatic rings. The van der Waals surface area contributed by atoms with Gasteiger partial charge >= 0.3 is 0 Å². The number of benzene rings is 10. The Bertz CT molecular complexity index is 2920. The topological polar surface area (TPSA) is 26.3 Å². The molecule has 0 spiro atoms. The van der Waals surface area contributed by atoms with Gasteiger partial charge in [0.2, 0.25) is 0 Å². The summed E-state index contributed by atoms with van der Waals surface area (Å²) < 4.78 is 22.8. The van der Waals surface area contributed by atoms with Crippen molar-refractivity contribution >= 4 is 89.3 Å². The van der Waals surface area contributed by atoms with E-state index in [1.807, 2.05) is 54.6 Å². The summed E-state index contributed by atoms with van der Waals surface area (Å²) in [5.74, 6) is 0.780. The zero-order valence-corrected chi connectivity index (χ0v) is 33.3. The Morgan fingerprint density at radius 2 is 0.877 bits per heavy atom. The SMILES string of the molecule is O=P(c1ccccc1)(c1ccc(OCCC[P+](c2ccccc2)(c2ccccc2)c2ccccc2)cc1)c1ccc2cccc3c4cccc5cccc(c1c23)c54. The van der Waals surface area contributed by atoms with Crippen molar-refractivity contribution in [1.29, 1.82) is 0 Å². The molecule has 57 heavy (non-hydrogen) atoms. The third kappa shape index (κ3) is 5.95. The minimum Gasteiger partial charge on any atom is -0.493 e. The summed E-state index contributed by atoms with van der Waals surface area (Å²) in [5.41, 5.74) is 0. The van der Waals surface area contributed by atoms with Crippen LogP contribution in [0.4, 0.5) is 0 Å². The highest BCUT2D eigenvalue weighted by molar-refractivity contribution is 7.95. The van der Waals surface area contributed by atoms with E-state index >= 15 is 4.57 Å². The molecule has 0 bridgehead atoms. The zero-order chi connectivity index (χ0) is 38.2. The van der Waals surface area contributed by atoms with Crippen LogP contribution in [0.15, 0.2) is 212 Å². The Morgan fingerprint density at radius 1 is 0.404 bits per heavy atom. The van der Waals surface area contributed by atoms with E-state index in [9.17, 15) is 0 Å². The monoisotopic (exact) mass is 771 g/mol. The van der Waals surface area contributed by atoms with E-state index in [1.54, 1.807) is 0 Å². The third-order valence-corrected chi connectivity index (χ3v) is 19.3. The van der Waals surface area contributed by atoms with Gasteiger partial charge in [0, 0.05) is 27.7 Å². The summed E-state index contributed by atoms with van der Waals surface area (Å²) in [7, 11) is -5.32. The smallest absolute Gasteiger partial charge is 0.171 e. The van der Waals surface area contributed by atoms with Crippen molar-refractivity contribution in [3.8, 4) is 5.75 Å². The van der Waals surface area contributed by atoms with Crippen molar-refractivity contribution in [2.24, 2.45) is 0 Å². The minimum absolute atomic E-state index is 0.574. The Morgan fingerprint density at radius 3 is 1.44 bits per heavy atom. The van der Waals surface area contributed by atoms with Crippen molar-refractivity contribution in [2.45, 2.75) is 6.42 Å². The van der Waals surface area contributed by atoms with Crippen LogP contribution in [0.2, 0.25) is 0 Å². The van der Waals surface area contributed by atoms with Crippen LogP contribution in [0.25, 0.3) is 43.1 Å². The van der Waals surface area contributed by atoms with Gasteiger partial charge < -0.3 is 9.30 Å². The lowest BCUT2D eigenvalue weighted by molar-refractivity contribution is 0.318. The fourth-order valence-electron chi connectivity index (χ4n) is 9.09. The predicted octanol–water partition coefficient (Wildman–Crippen LogP) is 11.1. The number of ether oxygens (including phenoxy) is 1. The molecule has 10 aromatic carbocycles. The fourth-order valence-corrected chi connectivity index (χ4v) is 16.3. The number of hydrogen-bond donors (Lipinski definition) is 0. The van der Waals surface area contributed by atoms with Gasteiger partial charge in [-0.05, 0) is 104 Å². The summed E-state index contributed by atoms with van der Waals surface area (Å²) in [6.07, 6.45) is 1.86. The molecule has 0 saturated heterocycles. The molecule has 0 radical (unpaired) electrons. The van der Waals surface area contributed by atoms with Crippen LogP contribution in [0.1, 0.15) is 6.42 Å². The summed E-state index contributed by atoms with van der Waals surface area (Å²) in [4.78, 5) is 0. The molecule has 0 fully saturated rings. The van der Waals surface area contributed by atoms with Crippen molar-refractivity contribution in [3.05, 3.63) is 212 Å². The molecule has 4 heteroatoms. The average molecular weight is 772 g/mol. The molecule has 0 aliphatic rings. The van der Waals surface area contributed by atoms with E-state index in [2.05, 4.69) is 158 Å². The van der Waals surface area contributed by atoms with Gasteiger partial charge in [-0.1, -0.05) is 146 Å². The van der Waals surface area contributed by atoms with Gasteiger partial charge in [0.15, 0.2) is 7.14 Å². The quantitative estimate of drug-likeness (QED) is 0.0567. The van der Waals surface area contributed by atoms with E-state index in [0.29, 0.717) is 6.61 Å². The van der Waals surface area contributed by atoms with Crippen molar-refractivity contribution in [3.63, 3.8) is 0 Å². The standard InChI is InChI=1S/C53H41O2P2/c54-57(45-26-11-4-12-27-45,50-36-31-40-19-14-29-48-47-28-13-17-39-18-15-30-49(51(39)47)53(50)52(40)48)46-34-32-41(33-35-46)55-37-16-38-56(42-20-5-1-6-21-42,43-22-7-2-8-23-43)44-24-9-3-10-25-44/h1-15,17-36H,16,37-38H2/q+1. The first-order valence-corrected chi connectivity index (χ1v) is 23.4. The molecule has 10 rings (SSSR count). The molecule has 1 unspecified atom stereocenters. The van der Waals surface area contributed by atoms with E-state index in [1.165, 1.54) is 37.5 Å². The molecule has 0 heterocycles. The molecular weight excluding hydrogens is 731 g/mol. The van der Waals surface area contributed by atoms with E-state index in [4.69, 9.17) is 4.74 Å². The molecule has 1 atom stereocenters. The number of hydrogen-bond acceptors (Lipinski definition) is 2. The first kappa shape index (κ1) is 35.4.